The highest BCUT2D eigenvalue weighted by molar-refractivity contribution is 7.08. The maximum Gasteiger partial charge on any atom is 0.183 e. The van der Waals surface area contributed by atoms with E-state index in [9.17, 15) is 0 Å². The second-order valence-electron chi connectivity index (χ2n) is 3.24. The summed E-state index contributed by atoms with van der Waals surface area (Å²) in [5.74, 6) is 7.38. The highest BCUT2D eigenvalue weighted by Gasteiger charge is 2.13. The van der Waals surface area contributed by atoms with E-state index in [0.717, 1.165) is 11.1 Å². The summed E-state index contributed by atoms with van der Waals surface area (Å²) in [6.45, 7) is 0. The number of nitrogen functional groups attached to an aromatic ring is 1. The Morgan fingerprint density at radius 1 is 0.938 bits per heavy atom. The van der Waals surface area contributed by atoms with Crippen molar-refractivity contribution in [2.45, 2.75) is 0 Å². The number of thiophene rings is 2. The average Bonchev–Trinajstić information content (AvgIpc) is 2.96. The van der Waals surface area contributed by atoms with Crippen LogP contribution in [0.5, 0.6) is 0 Å². The van der Waals surface area contributed by atoms with Gasteiger partial charge < -0.3 is 5.84 Å². The van der Waals surface area contributed by atoms with E-state index in [1.165, 1.54) is 4.68 Å². The monoisotopic (exact) mass is 248 g/mol. The topological polar surface area (TPSA) is 56.7 Å². The lowest BCUT2D eigenvalue weighted by Crippen LogP contribution is -2.11. The normalized spacial score (nSPS) is 10.8. The standard InChI is InChI=1S/C10H8N4S2/c11-14-9(7-1-3-15-5-7)12-13-10(14)8-2-4-16-6-8/h1-6H,11H2. The molecule has 4 nitrogen and oxygen atoms in total. The summed E-state index contributed by atoms with van der Waals surface area (Å²) in [6, 6.07) is 3.96. The molecule has 0 radical (unpaired) electrons. The van der Waals surface area contributed by atoms with Gasteiger partial charge in [-0.05, 0) is 22.9 Å². The molecule has 16 heavy (non-hydrogen) atoms. The molecule has 0 fully saturated rings. The smallest absolute Gasteiger partial charge is 0.183 e. The lowest BCUT2D eigenvalue weighted by atomic mass is 10.3. The van der Waals surface area contributed by atoms with Crippen molar-refractivity contribution in [1.29, 1.82) is 0 Å². The molecule has 0 aliphatic carbocycles. The van der Waals surface area contributed by atoms with Gasteiger partial charge in [0.15, 0.2) is 11.6 Å². The van der Waals surface area contributed by atoms with Crippen LogP contribution in [-0.4, -0.2) is 14.9 Å². The van der Waals surface area contributed by atoms with Crippen molar-refractivity contribution in [1.82, 2.24) is 14.9 Å². The lowest BCUT2D eigenvalue weighted by Gasteiger charge is -2.00. The molecule has 0 unspecified atom stereocenters. The van der Waals surface area contributed by atoms with Crippen molar-refractivity contribution in [3.8, 4) is 22.8 Å². The summed E-state index contributed by atoms with van der Waals surface area (Å²) in [5.41, 5.74) is 2.00. The van der Waals surface area contributed by atoms with Crippen molar-refractivity contribution in [2.24, 2.45) is 0 Å². The molecule has 3 aromatic rings. The first-order chi connectivity index (χ1) is 7.86. The van der Waals surface area contributed by atoms with Crippen molar-refractivity contribution in [3.05, 3.63) is 33.7 Å². The van der Waals surface area contributed by atoms with Gasteiger partial charge in [-0.2, -0.15) is 22.7 Å². The number of hydrogen-bond acceptors (Lipinski definition) is 5. The number of rotatable bonds is 2. The summed E-state index contributed by atoms with van der Waals surface area (Å²) < 4.78 is 1.53. The Morgan fingerprint density at radius 2 is 1.44 bits per heavy atom. The van der Waals surface area contributed by atoms with Crippen LogP contribution < -0.4 is 5.84 Å². The Balaban J connectivity index is 2.12. The Kier molecular flexibility index (Phi) is 2.23. The van der Waals surface area contributed by atoms with Gasteiger partial charge >= 0.3 is 0 Å². The maximum absolute atomic E-state index is 5.99. The van der Waals surface area contributed by atoms with Gasteiger partial charge in [0.25, 0.3) is 0 Å². The number of nitrogens with zero attached hydrogens (tertiary/aromatic N) is 3. The molecule has 80 valence electrons. The molecule has 0 atom stereocenters. The molecular weight excluding hydrogens is 240 g/mol. The molecule has 0 bridgehead atoms. The summed E-state index contributed by atoms with van der Waals surface area (Å²) in [7, 11) is 0. The minimum atomic E-state index is 0.697. The van der Waals surface area contributed by atoms with Crippen molar-refractivity contribution < 1.29 is 0 Å². The zero-order valence-corrected chi connectivity index (χ0v) is 9.83. The Morgan fingerprint density at radius 3 is 1.81 bits per heavy atom. The summed E-state index contributed by atoms with van der Waals surface area (Å²) in [4.78, 5) is 0. The van der Waals surface area contributed by atoms with E-state index in [2.05, 4.69) is 10.2 Å². The number of nitrogens with two attached hydrogens (primary N) is 1. The van der Waals surface area contributed by atoms with Crippen LogP contribution in [0.2, 0.25) is 0 Å². The quantitative estimate of drug-likeness (QED) is 0.709. The van der Waals surface area contributed by atoms with Gasteiger partial charge in [-0.3, -0.25) is 0 Å². The van der Waals surface area contributed by atoms with Gasteiger partial charge in [-0.25, -0.2) is 4.68 Å². The fourth-order valence-corrected chi connectivity index (χ4v) is 2.74. The van der Waals surface area contributed by atoms with E-state index < -0.39 is 0 Å². The van der Waals surface area contributed by atoms with E-state index in [0.29, 0.717) is 11.6 Å². The third-order valence-electron chi connectivity index (χ3n) is 2.25. The molecular formula is C10H8N4S2. The second kappa shape index (κ2) is 3.73. The fraction of sp³-hybridized carbons (Fsp3) is 0. The first-order valence-electron chi connectivity index (χ1n) is 4.62. The first-order valence-corrected chi connectivity index (χ1v) is 6.50. The Hall–Kier alpha value is -1.66. The van der Waals surface area contributed by atoms with Crippen LogP contribution in [-0.2, 0) is 0 Å². The molecule has 0 spiro atoms. The van der Waals surface area contributed by atoms with Crippen LogP contribution in [0, 0.1) is 0 Å². The second-order valence-corrected chi connectivity index (χ2v) is 4.80. The molecule has 3 aromatic heterocycles. The summed E-state index contributed by atoms with van der Waals surface area (Å²) >= 11 is 3.23. The van der Waals surface area contributed by atoms with Crippen LogP contribution in [0.3, 0.4) is 0 Å². The van der Waals surface area contributed by atoms with Gasteiger partial charge in [-0.1, -0.05) is 0 Å². The van der Waals surface area contributed by atoms with Crippen molar-refractivity contribution in [3.63, 3.8) is 0 Å². The minimum Gasteiger partial charge on any atom is -0.336 e. The Bertz CT molecular complexity index is 529. The molecule has 0 aromatic carbocycles. The number of aromatic nitrogens is 3. The van der Waals surface area contributed by atoms with Gasteiger partial charge in [0, 0.05) is 21.9 Å². The van der Waals surface area contributed by atoms with E-state index in [-0.39, 0.29) is 0 Å². The SMILES string of the molecule is Nn1c(-c2ccsc2)nnc1-c1ccsc1. The molecule has 0 saturated carbocycles. The van der Waals surface area contributed by atoms with Crippen LogP contribution in [0.1, 0.15) is 0 Å². The van der Waals surface area contributed by atoms with Crippen molar-refractivity contribution >= 4 is 22.7 Å². The van der Waals surface area contributed by atoms with Gasteiger partial charge in [0.2, 0.25) is 0 Å². The average molecular weight is 248 g/mol. The third kappa shape index (κ3) is 1.43. The molecule has 0 aliphatic heterocycles. The third-order valence-corrected chi connectivity index (χ3v) is 3.62. The first kappa shape index (κ1) is 9.56. The maximum atomic E-state index is 5.99. The van der Waals surface area contributed by atoms with E-state index >= 15 is 0 Å². The minimum absolute atomic E-state index is 0.697. The van der Waals surface area contributed by atoms with Crippen molar-refractivity contribution in [2.75, 3.05) is 5.84 Å². The van der Waals surface area contributed by atoms with E-state index in [1.54, 1.807) is 22.7 Å². The predicted molar refractivity (Wildman–Crippen MR) is 66.8 cm³/mol. The molecule has 3 rings (SSSR count). The fourth-order valence-electron chi connectivity index (χ4n) is 1.47. The molecule has 0 aliphatic rings. The van der Waals surface area contributed by atoms with E-state index in [1.807, 2.05) is 33.7 Å². The highest BCUT2D eigenvalue weighted by Crippen LogP contribution is 2.24. The Labute approximate surface area is 100.0 Å². The molecule has 6 heteroatoms. The number of hydrogen-bond donors (Lipinski definition) is 1. The predicted octanol–water partition coefficient (Wildman–Crippen LogP) is 2.45. The van der Waals surface area contributed by atoms with E-state index in [4.69, 9.17) is 5.84 Å². The lowest BCUT2D eigenvalue weighted by molar-refractivity contribution is 1.02. The largest absolute Gasteiger partial charge is 0.336 e. The zero-order chi connectivity index (χ0) is 11.0. The molecule has 0 amide bonds. The molecule has 3 heterocycles. The van der Waals surface area contributed by atoms with Crippen LogP contribution >= 0.6 is 22.7 Å². The highest BCUT2D eigenvalue weighted by atomic mass is 32.1. The van der Waals surface area contributed by atoms with Crippen LogP contribution in [0.25, 0.3) is 22.8 Å². The zero-order valence-electron chi connectivity index (χ0n) is 8.20. The van der Waals surface area contributed by atoms with Gasteiger partial charge in [-0.15, -0.1) is 10.2 Å². The van der Waals surface area contributed by atoms with Gasteiger partial charge in [0.1, 0.15) is 0 Å². The van der Waals surface area contributed by atoms with Crippen LogP contribution in [0.4, 0.5) is 0 Å². The summed E-state index contributed by atoms with van der Waals surface area (Å²) in [5, 5.41) is 16.2. The summed E-state index contributed by atoms with van der Waals surface area (Å²) in [6.07, 6.45) is 0. The van der Waals surface area contributed by atoms with Crippen LogP contribution in [0.15, 0.2) is 33.7 Å². The molecule has 2 N–H and O–H groups in total. The molecule has 0 saturated heterocycles. The van der Waals surface area contributed by atoms with Gasteiger partial charge in [0.05, 0.1) is 0 Å².